The SMILES string of the molecule is CCOc1ccc(-c2csc(CNC)n2)c(OCC)c1. The number of ether oxygens (including phenoxy) is 2. The van der Waals surface area contributed by atoms with E-state index in [-0.39, 0.29) is 0 Å². The molecule has 0 aliphatic rings. The fraction of sp³-hybridized carbons (Fsp3) is 0.400. The topological polar surface area (TPSA) is 43.4 Å². The van der Waals surface area contributed by atoms with Crippen LogP contribution in [0.2, 0.25) is 0 Å². The second-order valence-electron chi connectivity index (χ2n) is 4.18. The molecule has 20 heavy (non-hydrogen) atoms. The van der Waals surface area contributed by atoms with Gasteiger partial charge in [0.2, 0.25) is 0 Å². The number of thiazole rings is 1. The Hall–Kier alpha value is -1.59. The van der Waals surface area contributed by atoms with Crippen molar-refractivity contribution in [3.63, 3.8) is 0 Å². The Morgan fingerprint density at radius 1 is 1.20 bits per heavy atom. The average Bonchev–Trinajstić information content (AvgIpc) is 2.89. The summed E-state index contributed by atoms with van der Waals surface area (Å²) in [5.74, 6) is 1.64. The molecule has 2 rings (SSSR count). The van der Waals surface area contributed by atoms with Crippen LogP contribution in [0, 0.1) is 0 Å². The first-order chi connectivity index (χ1) is 9.78. The van der Waals surface area contributed by atoms with Gasteiger partial charge in [-0.15, -0.1) is 11.3 Å². The standard InChI is InChI=1S/C15H20N2O2S/c1-4-18-11-6-7-12(14(8-11)19-5-2)13-10-20-15(17-13)9-16-3/h6-8,10,16H,4-5,9H2,1-3H3. The van der Waals surface area contributed by atoms with E-state index in [1.54, 1.807) is 11.3 Å². The van der Waals surface area contributed by atoms with Crippen molar-refractivity contribution in [3.8, 4) is 22.8 Å². The summed E-state index contributed by atoms with van der Waals surface area (Å²) in [6.07, 6.45) is 0. The van der Waals surface area contributed by atoms with Crippen molar-refractivity contribution in [1.82, 2.24) is 10.3 Å². The molecule has 0 bridgehead atoms. The van der Waals surface area contributed by atoms with E-state index in [1.807, 2.05) is 39.1 Å². The summed E-state index contributed by atoms with van der Waals surface area (Å²) in [7, 11) is 1.92. The Bertz CT molecular complexity index is 555. The third-order valence-electron chi connectivity index (χ3n) is 2.72. The largest absolute Gasteiger partial charge is 0.494 e. The number of nitrogens with zero attached hydrogens (tertiary/aromatic N) is 1. The first-order valence-electron chi connectivity index (χ1n) is 6.77. The molecule has 1 aromatic carbocycles. The molecule has 0 spiro atoms. The van der Waals surface area contributed by atoms with Crippen LogP contribution in [0.15, 0.2) is 23.6 Å². The van der Waals surface area contributed by atoms with Gasteiger partial charge in [-0.2, -0.15) is 0 Å². The minimum Gasteiger partial charge on any atom is -0.494 e. The predicted molar refractivity (Wildman–Crippen MR) is 82.7 cm³/mol. The Morgan fingerprint density at radius 2 is 2.00 bits per heavy atom. The highest BCUT2D eigenvalue weighted by atomic mass is 32.1. The van der Waals surface area contributed by atoms with Gasteiger partial charge in [0.05, 0.1) is 18.9 Å². The molecule has 0 saturated heterocycles. The molecule has 0 amide bonds. The normalized spacial score (nSPS) is 10.6. The molecule has 4 nitrogen and oxygen atoms in total. The van der Waals surface area contributed by atoms with Crippen molar-refractivity contribution in [2.24, 2.45) is 0 Å². The predicted octanol–water partition coefficient (Wildman–Crippen LogP) is 3.33. The van der Waals surface area contributed by atoms with Crippen LogP contribution in [-0.4, -0.2) is 25.2 Å². The number of hydrogen-bond donors (Lipinski definition) is 1. The molecule has 1 aromatic heterocycles. The van der Waals surface area contributed by atoms with E-state index >= 15 is 0 Å². The first-order valence-corrected chi connectivity index (χ1v) is 7.65. The van der Waals surface area contributed by atoms with E-state index in [4.69, 9.17) is 9.47 Å². The van der Waals surface area contributed by atoms with Crippen molar-refractivity contribution in [3.05, 3.63) is 28.6 Å². The van der Waals surface area contributed by atoms with Gasteiger partial charge in [0, 0.05) is 23.6 Å². The molecule has 0 saturated carbocycles. The fourth-order valence-electron chi connectivity index (χ4n) is 1.91. The van der Waals surface area contributed by atoms with Crippen LogP contribution in [-0.2, 0) is 6.54 Å². The van der Waals surface area contributed by atoms with Crippen LogP contribution in [0.1, 0.15) is 18.9 Å². The van der Waals surface area contributed by atoms with Gasteiger partial charge in [-0.05, 0) is 33.0 Å². The van der Waals surface area contributed by atoms with Crippen LogP contribution in [0.5, 0.6) is 11.5 Å². The highest BCUT2D eigenvalue weighted by molar-refractivity contribution is 7.09. The van der Waals surface area contributed by atoms with Gasteiger partial charge in [0.25, 0.3) is 0 Å². The Balaban J connectivity index is 2.32. The molecule has 1 heterocycles. The van der Waals surface area contributed by atoms with Gasteiger partial charge < -0.3 is 14.8 Å². The molecular formula is C15H20N2O2S. The highest BCUT2D eigenvalue weighted by Gasteiger charge is 2.11. The second kappa shape index (κ2) is 7.26. The summed E-state index contributed by atoms with van der Waals surface area (Å²) in [6.45, 7) is 6.00. The third-order valence-corrected chi connectivity index (χ3v) is 3.57. The summed E-state index contributed by atoms with van der Waals surface area (Å²) in [5.41, 5.74) is 1.96. The summed E-state index contributed by atoms with van der Waals surface area (Å²) in [5, 5.41) is 6.24. The minimum atomic E-state index is 0.621. The van der Waals surface area contributed by atoms with E-state index in [2.05, 4.69) is 15.7 Å². The molecule has 0 aliphatic heterocycles. The Morgan fingerprint density at radius 3 is 2.70 bits per heavy atom. The van der Waals surface area contributed by atoms with E-state index in [0.29, 0.717) is 13.2 Å². The van der Waals surface area contributed by atoms with Gasteiger partial charge >= 0.3 is 0 Å². The van der Waals surface area contributed by atoms with Crippen molar-refractivity contribution in [1.29, 1.82) is 0 Å². The molecule has 5 heteroatoms. The second-order valence-corrected chi connectivity index (χ2v) is 5.12. The van der Waals surface area contributed by atoms with E-state index < -0.39 is 0 Å². The van der Waals surface area contributed by atoms with Gasteiger partial charge in [-0.25, -0.2) is 4.98 Å². The monoisotopic (exact) mass is 292 g/mol. The van der Waals surface area contributed by atoms with Crippen LogP contribution in [0.4, 0.5) is 0 Å². The van der Waals surface area contributed by atoms with Gasteiger partial charge in [0.15, 0.2) is 0 Å². The number of rotatable bonds is 7. The maximum Gasteiger partial charge on any atom is 0.132 e. The van der Waals surface area contributed by atoms with Crippen molar-refractivity contribution in [2.45, 2.75) is 20.4 Å². The Kier molecular flexibility index (Phi) is 5.38. The zero-order chi connectivity index (χ0) is 14.4. The summed E-state index contributed by atoms with van der Waals surface area (Å²) in [4.78, 5) is 4.62. The highest BCUT2D eigenvalue weighted by Crippen LogP contribution is 2.34. The third kappa shape index (κ3) is 3.49. The number of aromatic nitrogens is 1. The zero-order valence-corrected chi connectivity index (χ0v) is 12.9. The van der Waals surface area contributed by atoms with Crippen molar-refractivity contribution in [2.75, 3.05) is 20.3 Å². The lowest BCUT2D eigenvalue weighted by Gasteiger charge is -2.11. The number of hydrogen-bond acceptors (Lipinski definition) is 5. The lowest BCUT2D eigenvalue weighted by molar-refractivity contribution is 0.324. The molecule has 2 aromatic rings. The number of benzene rings is 1. The summed E-state index contributed by atoms with van der Waals surface area (Å²) < 4.78 is 11.2. The van der Waals surface area contributed by atoms with Crippen LogP contribution in [0.3, 0.4) is 0 Å². The lowest BCUT2D eigenvalue weighted by atomic mass is 10.1. The molecule has 0 aliphatic carbocycles. The van der Waals surface area contributed by atoms with Gasteiger partial charge in [-0.3, -0.25) is 0 Å². The molecular weight excluding hydrogens is 272 g/mol. The minimum absolute atomic E-state index is 0.621. The molecule has 0 unspecified atom stereocenters. The summed E-state index contributed by atoms with van der Waals surface area (Å²) in [6, 6.07) is 5.89. The quantitative estimate of drug-likeness (QED) is 0.850. The first kappa shape index (κ1) is 14.8. The zero-order valence-electron chi connectivity index (χ0n) is 12.1. The van der Waals surface area contributed by atoms with Crippen LogP contribution < -0.4 is 14.8 Å². The van der Waals surface area contributed by atoms with Crippen molar-refractivity contribution < 1.29 is 9.47 Å². The van der Waals surface area contributed by atoms with Crippen LogP contribution in [0.25, 0.3) is 11.3 Å². The maximum atomic E-state index is 5.72. The van der Waals surface area contributed by atoms with E-state index in [0.717, 1.165) is 34.3 Å². The Labute approximate surface area is 123 Å². The van der Waals surface area contributed by atoms with Gasteiger partial charge in [-0.1, -0.05) is 0 Å². The average molecular weight is 292 g/mol. The molecule has 1 N–H and O–H groups in total. The van der Waals surface area contributed by atoms with E-state index in [1.165, 1.54) is 0 Å². The smallest absolute Gasteiger partial charge is 0.132 e. The van der Waals surface area contributed by atoms with Gasteiger partial charge in [0.1, 0.15) is 16.5 Å². The van der Waals surface area contributed by atoms with Crippen molar-refractivity contribution >= 4 is 11.3 Å². The fourth-order valence-corrected chi connectivity index (χ4v) is 2.72. The molecule has 108 valence electrons. The van der Waals surface area contributed by atoms with Crippen LogP contribution >= 0.6 is 11.3 Å². The maximum absolute atomic E-state index is 5.72. The molecule has 0 radical (unpaired) electrons. The number of nitrogens with one attached hydrogen (secondary N) is 1. The summed E-state index contributed by atoms with van der Waals surface area (Å²) >= 11 is 1.65. The molecule has 0 fully saturated rings. The van der Waals surface area contributed by atoms with E-state index in [9.17, 15) is 0 Å². The lowest BCUT2D eigenvalue weighted by Crippen LogP contribution is -2.04. The molecule has 0 atom stereocenters.